The number of azo groups is 1. The van der Waals surface area contributed by atoms with Crippen LogP contribution in [0.5, 0.6) is 11.8 Å². The standard InChI is InChI=1S/C20H21N7O3/c1-5-30-18-15(19(29)27(26-18)13-8-6-12(11-28)7-9-13)22-24-17-14(10-21)16(23-25-17)20(2,3)4/h6-9,11,29H,5H2,1-4H3,(H,23,25)/b24-22+. The number of aromatic nitrogens is 4. The van der Waals surface area contributed by atoms with Gasteiger partial charge in [0.2, 0.25) is 11.6 Å². The van der Waals surface area contributed by atoms with Crippen molar-refractivity contribution in [3.63, 3.8) is 0 Å². The van der Waals surface area contributed by atoms with Crippen molar-refractivity contribution >= 4 is 17.8 Å². The molecule has 10 nitrogen and oxygen atoms in total. The zero-order chi connectivity index (χ0) is 21.9. The summed E-state index contributed by atoms with van der Waals surface area (Å²) >= 11 is 0. The molecule has 1 aromatic carbocycles. The van der Waals surface area contributed by atoms with Crippen LogP contribution in [0.3, 0.4) is 0 Å². The van der Waals surface area contributed by atoms with Crippen LogP contribution in [0.2, 0.25) is 0 Å². The van der Waals surface area contributed by atoms with E-state index in [0.29, 0.717) is 23.6 Å². The molecular formula is C20H21N7O3. The summed E-state index contributed by atoms with van der Waals surface area (Å²) in [4.78, 5) is 10.9. The number of rotatable bonds is 6. The minimum Gasteiger partial charge on any atom is -0.492 e. The topological polar surface area (TPSA) is 142 Å². The van der Waals surface area contributed by atoms with Crippen LogP contribution in [-0.4, -0.2) is 38.0 Å². The van der Waals surface area contributed by atoms with Gasteiger partial charge < -0.3 is 9.84 Å². The lowest BCUT2D eigenvalue weighted by atomic mass is 9.90. The normalized spacial score (nSPS) is 11.6. The summed E-state index contributed by atoms with van der Waals surface area (Å²) in [7, 11) is 0. The van der Waals surface area contributed by atoms with Crippen molar-refractivity contribution < 1.29 is 14.6 Å². The van der Waals surface area contributed by atoms with Crippen LogP contribution in [0.15, 0.2) is 34.5 Å². The molecule has 0 aliphatic rings. The molecule has 10 heteroatoms. The van der Waals surface area contributed by atoms with Gasteiger partial charge in [-0.25, -0.2) is 0 Å². The lowest BCUT2D eigenvalue weighted by Crippen LogP contribution is -2.13. The highest BCUT2D eigenvalue weighted by atomic mass is 16.5. The van der Waals surface area contributed by atoms with Gasteiger partial charge in [-0.2, -0.15) is 15.0 Å². The van der Waals surface area contributed by atoms with Crippen LogP contribution in [0.25, 0.3) is 5.69 Å². The third-order valence-electron chi connectivity index (χ3n) is 4.18. The van der Waals surface area contributed by atoms with Gasteiger partial charge in [0.15, 0.2) is 5.82 Å². The molecule has 0 fully saturated rings. The monoisotopic (exact) mass is 407 g/mol. The number of hydrogen-bond donors (Lipinski definition) is 2. The van der Waals surface area contributed by atoms with E-state index in [4.69, 9.17) is 4.74 Å². The van der Waals surface area contributed by atoms with Crippen LogP contribution in [0.4, 0.5) is 11.5 Å². The Balaban J connectivity index is 2.04. The summed E-state index contributed by atoms with van der Waals surface area (Å²) < 4.78 is 6.71. The number of carbonyl (C=O) groups is 1. The fourth-order valence-corrected chi connectivity index (χ4v) is 2.73. The number of aromatic hydroxyl groups is 1. The predicted molar refractivity (Wildman–Crippen MR) is 108 cm³/mol. The quantitative estimate of drug-likeness (QED) is 0.465. The van der Waals surface area contributed by atoms with E-state index in [1.54, 1.807) is 31.2 Å². The van der Waals surface area contributed by atoms with Gasteiger partial charge in [0.05, 0.1) is 18.0 Å². The number of nitriles is 1. The van der Waals surface area contributed by atoms with E-state index in [1.165, 1.54) is 4.68 Å². The number of aromatic amines is 1. The Hall–Kier alpha value is -4.00. The zero-order valence-electron chi connectivity index (χ0n) is 17.0. The Morgan fingerprint density at radius 2 is 2.00 bits per heavy atom. The molecule has 3 rings (SSSR count). The van der Waals surface area contributed by atoms with E-state index < -0.39 is 0 Å². The maximum Gasteiger partial charge on any atom is 0.265 e. The highest BCUT2D eigenvalue weighted by Gasteiger charge is 2.25. The molecule has 0 spiro atoms. The summed E-state index contributed by atoms with van der Waals surface area (Å²) in [5, 5.41) is 39.4. The fourth-order valence-electron chi connectivity index (χ4n) is 2.73. The number of carbonyl (C=O) groups excluding carboxylic acids is 1. The first kappa shape index (κ1) is 20.7. The maximum absolute atomic E-state index is 10.9. The number of ether oxygens (including phenoxy) is 1. The molecule has 0 bridgehead atoms. The van der Waals surface area contributed by atoms with E-state index >= 15 is 0 Å². The summed E-state index contributed by atoms with van der Waals surface area (Å²) in [6.07, 6.45) is 0.723. The van der Waals surface area contributed by atoms with E-state index in [0.717, 1.165) is 6.29 Å². The molecule has 3 aromatic rings. The molecule has 2 heterocycles. The number of hydrogen-bond acceptors (Lipinski definition) is 8. The molecule has 2 N–H and O–H groups in total. The average Bonchev–Trinajstić information content (AvgIpc) is 3.27. The van der Waals surface area contributed by atoms with Gasteiger partial charge in [-0.1, -0.05) is 20.8 Å². The predicted octanol–water partition coefficient (Wildman–Crippen LogP) is 4.10. The SMILES string of the molecule is CCOc1nn(-c2ccc(C=O)cc2)c(O)c1/N=N/c1[nH]nc(C(C)(C)C)c1C#N. The molecule has 0 aliphatic carbocycles. The van der Waals surface area contributed by atoms with Gasteiger partial charge in [0.1, 0.15) is 17.9 Å². The number of benzene rings is 1. The highest BCUT2D eigenvalue weighted by molar-refractivity contribution is 5.75. The molecule has 2 aromatic heterocycles. The first-order valence-corrected chi connectivity index (χ1v) is 9.21. The Bertz CT molecular complexity index is 1130. The highest BCUT2D eigenvalue weighted by Crippen LogP contribution is 2.39. The van der Waals surface area contributed by atoms with E-state index in [-0.39, 0.29) is 34.2 Å². The molecule has 0 atom stereocenters. The minimum atomic E-state index is -0.355. The van der Waals surface area contributed by atoms with Gasteiger partial charge in [0, 0.05) is 11.0 Å². The van der Waals surface area contributed by atoms with Crippen molar-refractivity contribution in [2.24, 2.45) is 10.2 Å². The van der Waals surface area contributed by atoms with Crippen molar-refractivity contribution in [3.05, 3.63) is 41.1 Å². The third-order valence-corrected chi connectivity index (χ3v) is 4.18. The maximum atomic E-state index is 10.9. The Morgan fingerprint density at radius 1 is 1.30 bits per heavy atom. The smallest absolute Gasteiger partial charge is 0.265 e. The van der Waals surface area contributed by atoms with Crippen LogP contribution in [-0.2, 0) is 5.41 Å². The third kappa shape index (κ3) is 3.91. The average molecular weight is 407 g/mol. The molecule has 0 unspecified atom stereocenters. The van der Waals surface area contributed by atoms with E-state index in [9.17, 15) is 15.2 Å². The fraction of sp³-hybridized carbons (Fsp3) is 0.300. The summed E-state index contributed by atoms with van der Waals surface area (Å²) in [6.45, 7) is 7.87. The van der Waals surface area contributed by atoms with Gasteiger partial charge in [-0.15, -0.1) is 15.3 Å². The first-order valence-electron chi connectivity index (χ1n) is 9.21. The summed E-state index contributed by atoms with van der Waals surface area (Å²) in [6, 6.07) is 8.55. The van der Waals surface area contributed by atoms with E-state index in [1.807, 2.05) is 20.8 Å². The Labute approximate surface area is 172 Å². The van der Waals surface area contributed by atoms with Crippen molar-refractivity contribution in [3.8, 4) is 23.5 Å². The molecule has 154 valence electrons. The minimum absolute atomic E-state index is 0.00659. The zero-order valence-corrected chi connectivity index (χ0v) is 17.0. The Kier molecular flexibility index (Phi) is 5.64. The van der Waals surface area contributed by atoms with Crippen molar-refractivity contribution in [2.45, 2.75) is 33.1 Å². The Morgan fingerprint density at radius 3 is 2.57 bits per heavy atom. The van der Waals surface area contributed by atoms with Gasteiger partial charge in [0.25, 0.3) is 5.88 Å². The first-order chi connectivity index (χ1) is 14.3. The van der Waals surface area contributed by atoms with Gasteiger partial charge >= 0.3 is 0 Å². The lowest BCUT2D eigenvalue weighted by Gasteiger charge is -2.14. The molecular weight excluding hydrogens is 386 g/mol. The second kappa shape index (κ2) is 8.16. The van der Waals surface area contributed by atoms with E-state index in [2.05, 4.69) is 31.6 Å². The molecule has 0 amide bonds. The number of nitrogens with one attached hydrogen (secondary N) is 1. The van der Waals surface area contributed by atoms with Crippen molar-refractivity contribution in [1.82, 2.24) is 20.0 Å². The number of nitrogens with zero attached hydrogens (tertiary/aromatic N) is 6. The molecule has 0 saturated carbocycles. The van der Waals surface area contributed by atoms with Crippen LogP contribution in [0.1, 0.15) is 49.3 Å². The second-order valence-corrected chi connectivity index (χ2v) is 7.39. The largest absolute Gasteiger partial charge is 0.492 e. The number of aldehydes is 1. The van der Waals surface area contributed by atoms with Crippen LogP contribution < -0.4 is 4.74 Å². The molecule has 0 saturated heterocycles. The summed E-state index contributed by atoms with van der Waals surface area (Å²) in [5.41, 5.74) is 1.50. The number of H-pyrrole nitrogens is 1. The van der Waals surface area contributed by atoms with Crippen molar-refractivity contribution in [2.75, 3.05) is 6.61 Å². The van der Waals surface area contributed by atoms with Gasteiger partial charge in [-0.05, 0) is 31.2 Å². The molecule has 30 heavy (non-hydrogen) atoms. The lowest BCUT2D eigenvalue weighted by molar-refractivity contribution is 0.112. The molecule has 0 radical (unpaired) electrons. The van der Waals surface area contributed by atoms with Gasteiger partial charge in [-0.3, -0.25) is 9.89 Å². The second-order valence-electron chi connectivity index (χ2n) is 7.39. The van der Waals surface area contributed by atoms with Crippen molar-refractivity contribution in [1.29, 1.82) is 5.26 Å². The van der Waals surface area contributed by atoms with Crippen LogP contribution in [0, 0.1) is 11.3 Å². The van der Waals surface area contributed by atoms with Crippen LogP contribution >= 0.6 is 0 Å². The molecule has 0 aliphatic heterocycles. The summed E-state index contributed by atoms with van der Waals surface area (Å²) in [5.74, 6) is -0.0465.